The molecule has 3 heteroatoms. The fraction of sp³-hybridized carbons (Fsp3) is 0.583. The standard InChI is InChI=1S/C12H21N3/c1-9(2)13-8-6-7-12-10(3)14-15(5)11(12)4/h6-7,9,13H,8H2,1-5H3. The molecular formula is C12H21N3. The van der Waals surface area contributed by atoms with Crippen LogP contribution in [0.25, 0.3) is 6.08 Å². The van der Waals surface area contributed by atoms with Crippen LogP contribution in [-0.2, 0) is 7.05 Å². The number of aryl methyl sites for hydroxylation is 2. The molecule has 0 aromatic carbocycles. The van der Waals surface area contributed by atoms with Gasteiger partial charge in [0.25, 0.3) is 0 Å². The second kappa shape index (κ2) is 5.12. The van der Waals surface area contributed by atoms with Gasteiger partial charge in [-0.1, -0.05) is 26.0 Å². The number of hydrogen-bond donors (Lipinski definition) is 1. The monoisotopic (exact) mass is 207 g/mol. The minimum absolute atomic E-state index is 0.533. The summed E-state index contributed by atoms with van der Waals surface area (Å²) in [6.45, 7) is 9.34. The van der Waals surface area contributed by atoms with Crippen LogP contribution in [0.5, 0.6) is 0 Å². The first-order chi connectivity index (χ1) is 7.02. The average molecular weight is 207 g/mol. The van der Waals surface area contributed by atoms with Gasteiger partial charge in [0.15, 0.2) is 0 Å². The molecule has 0 radical (unpaired) electrons. The second-order valence-electron chi connectivity index (χ2n) is 4.17. The maximum absolute atomic E-state index is 4.37. The molecular weight excluding hydrogens is 186 g/mol. The molecule has 0 aliphatic heterocycles. The van der Waals surface area contributed by atoms with E-state index in [-0.39, 0.29) is 0 Å². The van der Waals surface area contributed by atoms with Gasteiger partial charge in [0.2, 0.25) is 0 Å². The van der Waals surface area contributed by atoms with Crippen LogP contribution in [0, 0.1) is 13.8 Å². The highest BCUT2D eigenvalue weighted by Gasteiger charge is 2.04. The lowest BCUT2D eigenvalue weighted by molar-refractivity contribution is 0.633. The van der Waals surface area contributed by atoms with Gasteiger partial charge >= 0.3 is 0 Å². The van der Waals surface area contributed by atoms with Gasteiger partial charge in [-0.2, -0.15) is 5.10 Å². The molecule has 84 valence electrons. The third-order valence-corrected chi connectivity index (χ3v) is 2.49. The highest BCUT2D eigenvalue weighted by atomic mass is 15.3. The molecule has 0 bridgehead atoms. The maximum Gasteiger partial charge on any atom is 0.0668 e. The molecule has 0 aliphatic rings. The lowest BCUT2D eigenvalue weighted by Gasteiger charge is -2.03. The second-order valence-corrected chi connectivity index (χ2v) is 4.17. The third kappa shape index (κ3) is 3.20. The summed E-state index contributed by atoms with van der Waals surface area (Å²) in [5.74, 6) is 0. The van der Waals surface area contributed by atoms with Crippen LogP contribution in [0.2, 0.25) is 0 Å². The van der Waals surface area contributed by atoms with Gasteiger partial charge in [-0.3, -0.25) is 4.68 Å². The fourth-order valence-corrected chi connectivity index (χ4v) is 1.51. The van der Waals surface area contributed by atoms with Crippen molar-refractivity contribution < 1.29 is 0 Å². The van der Waals surface area contributed by atoms with Crippen molar-refractivity contribution in [1.82, 2.24) is 15.1 Å². The van der Waals surface area contributed by atoms with Crippen LogP contribution in [0.4, 0.5) is 0 Å². The molecule has 3 nitrogen and oxygen atoms in total. The van der Waals surface area contributed by atoms with Crippen molar-refractivity contribution in [2.45, 2.75) is 33.7 Å². The molecule has 0 fully saturated rings. The van der Waals surface area contributed by atoms with Crippen molar-refractivity contribution in [1.29, 1.82) is 0 Å². The Hall–Kier alpha value is -1.09. The molecule has 1 aromatic rings. The smallest absolute Gasteiger partial charge is 0.0668 e. The Morgan fingerprint density at radius 2 is 2.07 bits per heavy atom. The molecule has 15 heavy (non-hydrogen) atoms. The molecule has 0 saturated carbocycles. The van der Waals surface area contributed by atoms with Crippen molar-refractivity contribution in [2.24, 2.45) is 7.05 Å². The summed E-state index contributed by atoms with van der Waals surface area (Å²) >= 11 is 0. The normalized spacial score (nSPS) is 11.9. The topological polar surface area (TPSA) is 29.9 Å². The number of nitrogens with one attached hydrogen (secondary N) is 1. The van der Waals surface area contributed by atoms with Gasteiger partial charge in [0, 0.05) is 30.9 Å². The van der Waals surface area contributed by atoms with E-state index in [2.05, 4.69) is 43.3 Å². The lowest BCUT2D eigenvalue weighted by atomic mass is 10.2. The van der Waals surface area contributed by atoms with Gasteiger partial charge in [-0.05, 0) is 13.8 Å². The minimum Gasteiger partial charge on any atom is -0.311 e. The van der Waals surface area contributed by atoms with Crippen LogP contribution in [0.15, 0.2) is 6.08 Å². The van der Waals surface area contributed by atoms with Crippen molar-refractivity contribution in [3.63, 3.8) is 0 Å². The largest absolute Gasteiger partial charge is 0.311 e. The number of hydrogen-bond acceptors (Lipinski definition) is 2. The van der Waals surface area contributed by atoms with E-state index in [0.29, 0.717) is 6.04 Å². The summed E-state index contributed by atoms with van der Waals surface area (Å²) in [5.41, 5.74) is 3.55. The number of nitrogens with zero attached hydrogens (tertiary/aromatic N) is 2. The van der Waals surface area contributed by atoms with Crippen molar-refractivity contribution in [3.8, 4) is 0 Å². The van der Waals surface area contributed by atoms with E-state index >= 15 is 0 Å². The van der Waals surface area contributed by atoms with E-state index in [9.17, 15) is 0 Å². The molecule has 1 rings (SSSR count). The van der Waals surface area contributed by atoms with E-state index in [1.165, 1.54) is 11.3 Å². The number of aromatic nitrogens is 2. The van der Waals surface area contributed by atoms with Gasteiger partial charge in [0.1, 0.15) is 0 Å². The first kappa shape index (κ1) is 12.0. The Kier molecular flexibility index (Phi) is 4.09. The van der Waals surface area contributed by atoms with E-state index in [1.807, 2.05) is 18.7 Å². The van der Waals surface area contributed by atoms with E-state index < -0.39 is 0 Å². The van der Waals surface area contributed by atoms with Crippen molar-refractivity contribution >= 4 is 6.08 Å². The van der Waals surface area contributed by atoms with E-state index in [4.69, 9.17) is 0 Å². The maximum atomic E-state index is 4.37. The summed E-state index contributed by atoms with van der Waals surface area (Å²) in [6.07, 6.45) is 4.30. The average Bonchev–Trinajstić information content (AvgIpc) is 2.37. The molecule has 0 atom stereocenters. The van der Waals surface area contributed by atoms with Crippen LogP contribution in [-0.4, -0.2) is 22.4 Å². The van der Waals surface area contributed by atoms with Crippen molar-refractivity contribution in [3.05, 3.63) is 23.0 Å². The van der Waals surface area contributed by atoms with Crippen molar-refractivity contribution in [2.75, 3.05) is 6.54 Å². The molecule has 0 aliphatic carbocycles. The first-order valence-corrected chi connectivity index (χ1v) is 5.42. The van der Waals surface area contributed by atoms with Crippen LogP contribution >= 0.6 is 0 Å². The van der Waals surface area contributed by atoms with E-state index in [0.717, 1.165) is 12.2 Å². The summed E-state index contributed by atoms with van der Waals surface area (Å²) in [7, 11) is 1.98. The molecule has 0 spiro atoms. The molecule has 0 unspecified atom stereocenters. The highest BCUT2D eigenvalue weighted by Crippen LogP contribution is 2.13. The Morgan fingerprint density at radius 1 is 1.40 bits per heavy atom. The SMILES string of the molecule is Cc1nn(C)c(C)c1C=CCNC(C)C. The summed E-state index contributed by atoms with van der Waals surface area (Å²) in [5, 5.41) is 7.72. The summed E-state index contributed by atoms with van der Waals surface area (Å²) < 4.78 is 1.92. The molecule has 0 amide bonds. The Labute approximate surface area is 92.2 Å². The fourth-order valence-electron chi connectivity index (χ4n) is 1.51. The van der Waals surface area contributed by atoms with Crippen LogP contribution in [0.3, 0.4) is 0 Å². The van der Waals surface area contributed by atoms with Crippen LogP contribution in [0.1, 0.15) is 30.8 Å². The zero-order valence-electron chi connectivity index (χ0n) is 10.3. The van der Waals surface area contributed by atoms with Crippen LogP contribution < -0.4 is 5.32 Å². The Bertz CT molecular complexity index is 348. The predicted molar refractivity (Wildman–Crippen MR) is 64.9 cm³/mol. The zero-order valence-corrected chi connectivity index (χ0v) is 10.3. The molecule has 0 saturated heterocycles. The summed E-state index contributed by atoms with van der Waals surface area (Å²) in [4.78, 5) is 0. The lowest BCUT2D eigenvalue weighted by Crippen LogP contribution is -2.22. The Balaban J connectivity index is 2.64. The minimum atomic E-state index is 0.533. The molecule has 1 heterocycles. The van der Waals surface area contributed by atoms with Gasteiger partial charge in [-0.25, -0.2) is 0 Å². The molecule has 1 aromatic heterocycles. The predicted octanol–water partition coefficient (Wildman–Crippen LogP) is 2.05. The Morgan fingerprint density at radius 3 is 2.53 bits per heavy atom. The first-order valence-electron chi connectivity index (χ1n) is 5.42. The zero-order chi connectivity index (χ0) is 11.4. The quantitative estimate of drug-likeness (QED) is 0.819. The summed E-state index contributed by atoms with van der Waals surface area (Å²) in [6, 6.07) is 0.533. The third-order valence-electron chi connectivity index (χ3n) is 2.49. The highest BCUT2D eigenvalue weighted by molar-refractivity contribution is 5.54. The molecule has 1 N–H and O–H groups in total. The van der Waals surface area contributed by atoms with E-state index in [1.54, 1.807) is 0 Å². The van der Waals surface area contributed by atoms with Gasteiger partial charge in [0.05, 0.1) is 5.69 Å². The van der Waals surface area contributed by atoms with Gasteiger partial charge in [-0.15, -0.1) is 0 Å². The number of rotatable bonds is 4. The van der Waals surface area contributed by atoms with Gasteiger partial charge < -0.3 is 5.32 Å².